The zero-order chi connectivity index (χ0) is 16.8. The van der Waals surface area contributed by atoms with Crippen molar-refractivity contribution in [3.05, 3.63) is 17.0 Å². The second-order valence-corrected chi connectivity index (χ2v) is 7.50. The fourth-order valence-corrected chi connectivity index (χ4v) is 4.38. The number of nitrogens with one attached hydrogen (secondary N) is 2. The molecule has 1 aliphatic carbocycles. The highest BCUT2D eigenvalue weighted by atomic mass is 32.1. The quantitative estimate of drug-likeness (QED) is 0.746. The molecule has 0 unspecified atom stereocenters. The maximum atomic E-state index is 12.6. The standard InChI is InChI=1S/C16H18N2O5S/c19-13(17-7-1-2-7)8-5-6-24-15(8)18-14(20)11-9-3-4-10(23-9)12(11)16(21)22/h5-7,9-12H,1-4H2,(H,17,19)(H,18,20)(H,21,22)/t9-,10-,11+,12+/m1/s1. The molecule has 4 rings (SSSR count). The number of fused-ring (bicyclic) bond motifs is 2. The third-order valence-electron chi connectivity index (χ3n) is 4.92. The third-order valence-corrected chi connectivity index (χ3v) is 5.75. The van der Waals surface area contributed by atoms with Gasteiger partial charge in [-0.25, -0.2) is 0 Å². The van der Waals surface area contributed by atoms with Gasteiger partial charge in [0, 0.05) is 6.04 Å². The highest BCUT2D eigenvalue weighted by Gasteiger charge is 2.55. The first-order valence-corrected chi connectivity index (χ1v) is 9.00. The lowest BCUT2D eigenvalue weighted by atomic mass is 9.79. The van der Waals surface area contributed by atoms with Crippen molar-refractivity contribution in [2.45, 2.75) is 43.9 Å². The Kier molecular flexibility index (Phi) is 3.80. The number of thiophene rings is 1. The van der Waals surface area contributed by atoms with Gasteiger partial charge < -0.3 is 20.5 Å². The maximum Gasteiger partial charge on any atom is 0.310 e. The van der Waals surface area contributed by atoms with Crippen molar-refractivity contribution in [2.75, 3.05) is 5.32 Å². The number of carbonyl (C=O) groups is 3. The molecule has 3 fully saturated rings. The molecule has 1 aromatic rings. The third kappa shape index (κ3) is 2.69. The van der Waals surface area contributed by atoms with Crippen LogP contribution in [0.3, 0.4) is 0 Å². The van der Waals surface area contributed by atoms with Crippen LogP contribution in [-0.4, -0.2) is 41.1 Å². The van der Waals surface area contributed by atoms with E-state index >= 15 is 0 Å². The number of hydrogen-bond donors (Lipinski definition) is 3. The summed E-state index contributed by atoms with van der Waals surface area (Å²) in [6.45, 7) is 0. The van der Waals surface area contributed by atoms with E-state index in [-0.39, 0.29) is 30.1 Å². The normalized spacial score (nSPS) is 31.0. The summed E-state index contributed by atoms with van der Waals surface area (Å²) in [7, 11) is 0. The summed E-state index contributed by atoms with van der Waals surface area (Å²) in [5, 5.41) is 17.3. The minimum absolute atomic E-state index is 0.201. The van der Waals surface area contributed by atoms with Crippen LogP contribution in [0.2, 0.25) is 0 Å². The van der Waals surface area contributed by atoms with Crippen molar-refractivity contribution < 1.29 is 24.2 Å². The highest BCUT2D eigenvalue weighted by molar-refractivity contribution is 7.14. The summed E-state index contributed by atoms with van der Waals surface area (Å²) in [4.78, 5) is 36.3. The molecule has 3 heterocycles. The molecule has 3 N–H and O–H groups in total. The predicted octanol–water partition coefficient (Wildman–Crippen LogP) is 1.46. The average molecular weight is 350 g/mol. The molecular weight excluding hydrogens is 332 g/mol. The van der Waals surface area contributed by atoms with Crippen LogP contribution in [0.5, 0.6) is 0 Å². The SMILES string of the molecule is O=C(NC1CC1)c1ccsc1NC(=O)[C@@H]1[C@@H](C(=O)O)[C@H]2CC[C@H]1O2. The van der Waals surface area contributed by atoms with Gasteiger partial charge in [-0.2, -0.15) is 0 Å². The number of hydrogen-bond acceptors (Lipinski definition) is 5. The van der Waals surface area contributed by atoms with Gasteiger partial charge in [0.15, 0.2) is 0 Å². The summed E-state index contributed by atoms with van der Waals surface area (Å²) in [5.41, 5.74) is 0.427. The highest BCUT2D eigenvalue weighted by Crippen LogP contribution is 2.44. The minimum Gasteiger partial charge on any atom is -0.481 e. The topological polar surface area (TPSA) is 105 Å². The van der Waals surface area contributed by atoms with E-state index in [2.05, 4.69) is 10.6 Å². The molecule has 2 amide bonds. The van der Waals surface area contributed by atoms with Crippen molar-refractivity contribution in [2.24, 2.45) is 11.8 Å². The van der Waals surface area contributed by atoms with E-state index in [4.69, 9.17) is 4.74 Å². The lowest BCUT2D eigenvalue weighted by Crippen LogP contribution is -2.41. The van der Waals surface area contributed by atoms with Gasteiger partial charge in [-0.3, -0.25) is 14.4 Å². The number of aliphatic carboxylic acids is 1. The number of amides is 2. The van der Waals surface area contributed by atoms with E-state index in [0.717, 1.165) is 12.8 Å². The van der Waals surface area contributed by atoms with E-state index < -0.39 is 17.8 Å². The molecule has 1 aromatic heterocycles. The number of carboxylic acids is 1. The molecule has 8 heteroatoms. The molecule has 1 saturated carbocycles. The molecule has 4 atom stereocenters. The Morgan fingerprint density at radius 1 is 1.12 bits per heavy atom. The summed E-state index contributed by atoms with van der Waals surface area (Å²) in [6, 6.07) is 1.90. The second-order valence-electron chi connectivity index (χ2n) is 6.58. The van der Waals surface area contributed by atoms with Crippen LogP contribution in [0.25, 0.3) is 0 Å². The van der Waals surface area contributed by atoms with Crippen LogP contribution in [0, 0.1) is 11.8 Å². The molecule has 0 radical (unpaired) electrons. The van der Waals surface area contributed by atoms with Crippen molar-refractivity contribution >= 4 is 34.1 Å². The summed E-state index contributed by atoms with van der Waals surface area (Å²) in [5.74, 6) is -3.10. The Hall–Kier alpha value is -1.93. The lowest BCUT2D eigenvalue weighted by molar-refractivity contribution is -0.147. The Labute approximate surface area is 142 Å². The zero-order valence-electron chi connectivity index (χ0n) is 12.9. The van der Waals surface area contributed by atoms with E-state index in [1.165, 1.54) is 11.3 Å². The number of carbonyl (C=O) groups excluding carboxylic acids is 2. The first kappa shape index (κ1) is 15.6. The van der Waals surface area contributed by atoms with Gasteiger partial charge in [0.25, 0.3) is 5.91 Å². The van der Waals surface area contributed by atoms with Crippen LogP contribution in [0.4, 0.5) is 5.00 Å². The number of ether oxygens (including phenoxy) is 1. The molecule has 0 aromatic carbocycles. The van der Waals surface area contributed by atoms with Crippen LogP contribution in [0.1, 0.15) is 36.0 Å². The average Bonchev–Trinajstić information content (AvgIpc) is 2.98. The van der Waals surface area contributed by atoms with Crippen molar-refractivity contribution in [1.29, 1.82) is 0 Å². The molecule has 24 heavy (non-hydrogen) atoms. The number of anilines is 1. The van der Waals surface area contributed by atoms with Gasteiger partial charge in [-0.05, 0) is 37.1 Å². The molecular formula is C16H18N2O5S. The van der Waals surface area contributed by atoms with Gasteiger partial charge in [-0.15, -0.1) is 11.3 Å². The van der Waals surface area contributed by atoms with E-state index in [0.29, 0.717) is 23.4 Å². The monoisotopic (exact) mass is 350 g/mol. The predicted molar refractivity (Wildman–Crippen MR) is 85.9 cm³/mol. The van der Waals surface area contributed by atoms with Gasteiger partial charge in [0.2, 0.25) is 5.91 Å². The smallest absolute Gasteiger partial charge is 0.310 e. The van der Waals surface area contributed by atoms with E-state index in [9.17, 15) is 19.5 Å². The Morgan fingerprint density at radius 3 is 2.50 bits per heavy atom. The largest absolute Gasteiger partial charge is 0.481 e. The van der Waals surface area contributed by atoms with E-state index in [1.54, 1.807) is 11.4 Å². The first-order valence-electron chi connectivity index (χ1n) is 8.12. The van der Waals surface area contributed by atoms with Crippen LogP contribution < -0.4 is 10.6 Å². The second kappa shape index (κ2) is 5.86. The molecule has 2 bridgehead atoms. The van der Waals surface area contributed by atoms with Gasteiger partial charge in [-0.1, -0.05) is 0 Å². The van der Waals surface area contributed by atoms with Gasteiger partial charge >= 0.3 is 5.97 Å². The Morgan fingerprint density at radius 2 is 1.83 bits per heavy atom. The minimum atomic E-state index is -1.000. The fourth-order valence-electron chi connectivity index (χ4n) is 3.60. The Bertz CT molecular complexity index is 698. The van der Waals surface area contributed by atoms with Crippen molar-refractivity contribution in [3.63, 3.8) is 0 Å². The number of rotatable bonds is 5. The van der Waals surface area contributed by atoms with Crippen LogP contribution >= 0.6 is 11.3 Å². The summed E-state index contributed by atoms with van der Waals surface area (Å²) in [6.07, 6.45) is 2.62. The Balaban J connectivity index is 1.49. The van der Waals surface area contributed by atoms with Crippen LogP contribution in [0.15, 0.2) is 11.4 Å². The molecule has 128 valence electrons. The maximum absolute atomic E-state index is 12.6. The lowest BCUT2D eigenvalue weighted by Gasteiger charge is -2.23. The van der Waals surface area contributed by atoms with Crippen LogP contribution in [-0.2, 0) is 14.3 Å². The molecule has 3 aliphatic rings. The first-order chi connectivity index (χ1) is 11.5. The molecule has 2 aliphatic heterocycles. The van der Waals surface area contributed by atoms with Gasteiger partial charge in [0.1, 0.15) is 5.00 Å². The van der Waals surface area contributed by atoms with Crippen molar-refractivity contribution in [3.8, 4) is 0 Å². The molecule has 7 nitrogen and oxygen atoms in total. The molecule has 2 saturated heterocycles. The number of carboxylic acid groups (broad SMARTS) is 1. The van der Waals surface area contributed by atoms with Gasteiger partial charge in [0.05, 0.1) is 29.6 Å². The molecule has 0 spiro atoms. The summed E-state index contributed by atoms with van der Waals surface area (Å²) >= 11 is 1.26. The fraction of sp³-hybridized carbons (Fsp3) is 0.562. The zero-order valence-corrected chi connectivity index (χ0v) is 13.7. The summed E-state index contributed by atoms with van der Waals surface area (Å²) < 4.78 is 5.62. The van der Waals surface area contributed by atoms with E-state index in [1.807, 2.05) is 0 Å². The van der Waals surface area contributed by atoms with Crippen molar-refractivity contribution in [1.82, 2.24) is 5.32 Å².